The van der Waals surface area contributed by atoms with Crippen LogP contribution in [0.1, 0.15) is 32.4 Å². The third kappa shape index (κ3) is 5.03. The van der Waals surface area contributed by atoms with E-state index in [-0.39, 0.29) is 6.04 Å². The fraction of sp³-hybridized carbons (Fsp3) is 0.407. The molecule has 188 valence electrons. The average Bonchev–Trinajstić information content (AvgIpc) is 3.30. The van der Waals surface area contributed by atoms with Gasteiger partial charge in [-0.3, -0.25) is 4.90 Å². The molecule has 0 aromatic carbocycles. The lowest BCUT2D eigenvalue weighted by molar-refractivity contribution is 0.132. The molecule has 0 aliphatic carbocycles. The number of piperazine rings is 1. The molecule has 1 aliphatic rings. The average molecular weight is 487 g/mol. The first kappa shape index (κ1) is 24.1. The van der Waals surface area contributed by atoms with Gasteiger partial charge in [0.1, 0.15) is 17.2 Å². The Morgan fingerprint density at radius 3 is 2.50 bits per heavy atom. The summed E-state index contributed by atoms with van der Waals surface area (Å²) in [5.41, 5.74) is 3.80. The highest BCUT2D eigenvalue weighted by molar-refractivity contribution is 5.94. The molecular formula is C27H34N8O. The summed E-state index contributed by atoms with van der Waals surface area (Å²) in [5, 5.41) is 4.28. The minimum absolute atomic E-state index is 0.264. The van der Waals surface area contributed by atoms with E-state index >= 15 is 0 Å². The molecule has 0 unspecified atom stereocenters. The van der Waals surface area contributed by atoms with Crippen molar-refractivity contribution in [1.82, 2.24) is 34.3 Å². The van der Waals surface area contributed by atoms with Gasteiger partial charge < -0.3 is 19.5 Å². The van der Waals surface area contributed by atoms with E-state index in [2.05, 4.69) is 73.7 Å². The highest BCUT2D eigenvalue weighted by Crippen LogP contribution is 2.36. The van der Waals surface area contributed by atoms with Gasteiger partial charge in [0.25, 0.3) is 0 Å². The molecule has 0 atom stereocenters. The van der Waals surface area contributed by atoms with Crippen LogP contribution in [0.3, 0.4) is 0 Å². The van der Waals surface area contributed by atoms with Crippen LogP contribution in [0.4, 0.5) is 11.8 Å². The number of nitrogens with zero attached hydrogens (tertiary/aromatic N) is 7. The van der Waals surface area contributed by atoms with E-state index in [0.29, 0.717) is 17.5 Å². The van der Waals surface area contributed by atoms with E-state index in [1.54, 1.807) is 13.3 Å². The Hall–Kier alpha value is -3.56. The van der Waals surface area contributed by atoms with Gasteiger partial charge in [-0.1, -0.05) is 13.0 Å². The number of methoxy groups -OCH3 is 1. The van der Waals surface area contributed by atoms with Gasteiger partial charge in [-0.2, -0.15) is 0 Å². The highest BCUT2D eigenvalue weighted by atomic mass is 16.5. The Kier molecular flexibility index (Phi) is 7.11. The Morgan fingerprint density at radius 1 is 1.00 bits per heavy atom. The lowest BCUT2D eigenvalue weighted by Crippen LogP contribution is -2.45. The molecule has 1 N–H and O–H groups in total. The molecule has 5 heterocycles. The largest absolute Gasteiger partial charge is 0.493 e. The molecule has 0 radical (unpaired) electrons. The highest BCUT2D eigenvalue weighted by Gasteiger charge is 2.19. The number of pyridine rings is 2. The Labute approximate surface area is 212 Å². The van der Waals surface area contributed by atoms with Crippen LogP contribution in [0.25, 0.3) is 22.3 Å². The number of rotatable bonds is 8. The third-order valence-corrected chi connectivity index (χ3v) is 6.76. The molecule has 0 amide bonds. The van der Waals surface area contributed by atoms with Crippen molar-refractivity contribution in [3.63, 3.8) is 0 Å². The van der Waals surface area contributed by atoms with Gasteiger partial charge in [0.05, 0.1) is 13.3 Å². The van der Waals surface area contributed by atoms with Crippen molar-refractivity contribution >= 4 is 22.8 Å². The molecule has 0 spiro atoms. The Morgan fingerprint density at radius 2 is 1.81 bits per heavy atom. The van der Waals surface area contributed by atoms with Crippen LogP contribution < -0.4 is 10.1 Å². The van der Waals surface area contributed by atoms with Gasteiger partial charge in [-0.25, -0.2) is 19.9 Å². The number of anilines is 2. The van der Waals surface area contributed by atoms with Gasteiger partial charge in [-0.15, -0.1) is 0 Å². The summed E-state index contributed by atoms with van der Waals surface area (Å²) in [4.78, 5) is 23.5. The van der Waals surface area contributed by atoms with Crippen LogP contribution in [-0.2, 0) is 6.54 Å². The predicted octanol–water partition coefficient (Wildman–Crippen LogP) is 4.36. The number of fused-ring (bicyclic) bond motifs is 1. The molecular weight excluding hydrogens is 452 g/mol. The van der Waals surface area contributed by atoms with Crippen molar-refractivity contribution in [2.45, 2.75) is 33.4 Å². The minimum Gasteiger partial charge on any atom is -0.493 e. The second kappa shape index (κ2) is 10.6. The molecule has 36 heavy (non-hydrogen) atoms. The van der Waals surface area contributed by atoms with E-state index in [9.17, 15) is 0 Å². The number of hydrogen-bond acceptors (Lipinski definition) is 8. The van der Waals surface area contributed by atoms with Crippen molar-refractivity contribution in [3.8, 4) is 17.0 Å². The normalized spacial score (nSPS) is 15.0. The summed E-state index contributed by atoms with van der Waals surface area (Å²) in [6.45, 7) is 13.0. The number of aromatic nitrogens is 5. The van der Waals surface area contributed by atoms with Gasteiger partial charge >= 0.3 is 0 Å². The Balaban J connectivity index is 1.36. The quantitative estimate of drug-likeness (QED) is 0.393. The van der Waals surface area contributed by atoms with Crippen molar-refractivity contribution in [2.75, 3.05) is 45.2 Å². The first-order valence-corrected chi connectivity index (χ1v) is 12.6. The van der Waals surface area contributed by atoms with E-state index < -0.39 is 0 Å². The lowest BCUT2D eigenvalue weighted by atomic mass is 10.1. The number of hydrogen-bond donors (Lipinski definition) is 1. The topological polar surface area (TPSA) is 84.2 Å². The first-order valence-electron chi connectivity index (χ1n) is 12.6. The van der Waals surface area contributed by atoms with Crippen molar-refractivity contribution < 1.29 is 4.74 Å². The SMILES string of the molecule is CCN1CCN(Cc2ccc(Nc3ncc(OC)c(-c4cn(C(C)C)c5ncccc45)n3)nc2)CC1. The zero-order valence-corrected chi connectivity index (χ0v) is 21.5. The third-order valence-electron chi connectivity index (χ3n) is 6.76. The lowest BCUT2D eigenvalue weighted by Gasteiger charge is -2.33. The standard InChI is InChI=1S/C27H34N8O/c1-5-33-11-13-34(14-12-33)17-20-8-9-24(29-15-20)31-27-30-16-23(36-4)25(32-27)22-18-35(19(2)3)26-21(22)7-6-10-28-26/h6-10,15-16,18-19H,5,11-14,17H2,1-4H3,(H,29,30,31,32). The molecule has 0 bridgehead atoms. The van der Waals surface area contributed by atoms with Crippen molar-refractivity contribution in [2.24, 2.45) is 0 Å². The fourth-order valence-electron chi connectivity index (χ4n) is 4.67. The van der Waals surface area contributed by atoms with Crippen LogP contribution in [0, 0.1) is 0 Å². The summed E-state index contributed by atoms with van der Waals surface area (Å²) in [7, 11) is 1.64. The van der Waals surface area contributed by atoms with Crippen molar-refractivity contribution in [1.29, 1.82) is 0 Å². The summed E-state index contributed by atoms with van der Waals surface area (Å²) in [5.74, 6) is 1.78. The minimum atomic E-state index is 0.264. The molecule has 9 nitrogen and oxygen atoms in total. The van der Waals surface area contributed by atoms with Gasteiger partial charge in [0, 0.05) is 68.3 Å². The zero-order chi connectivity index (χ0) is 25.1. The van der Waals surface area contributed by atoms with Crippen LogP contribution in [0.2, 0.25) is 0 Å². The van der Waals surface area contributed by atoms with Crippen LogP contribution in [0.15, 0.2) is 49.1 Å². The van der Waals surface area contributed by atoms with E-state index in [1.807, 2.05) is 24.5 Å². The molecule has 9 heteroatoms. The number of nitrogens with one attached hydrogen (secondary N) is 1. The Bertz CT molecular complexity index is 1310. The summed E-state index contributed by atoms with van der Waals surface area (Å²) in [6.07, 6.45) is 7.53. The second-order valence-corrected chi connectivity index (χ2v) is 9.42. The van der Waals surface area contributed by atoms with Crippen LogP contribution >= 0.6 is 0 Å². The smallest absolute Gasteiger partial charge is 0.229 e. The van der Waals surface area contributed by atoms with Crippen LogP contribution in [0.5, 0.6) is 5.75 Å². The van der Waals surface area contributed by atoms with Gasteiger partial charge in [0.15, 0.2) is 5.75 Å². The van der Waals surface area contributed by atoms with Gasteiger partial charge in [0.2, 0.25) is 5.95 Å². The maximum Gasteiger partial charge on any atom is 0.229 e. The summed E-state index contributed by atoms with van der Waals surface area (Å²) < 4.78 is 7.77. The summed E-state index contributed by atoms with van der Waals surface area (Å²) in [6, 6.07) is 8.37. The molecule has 1 saturated heterocycles. The molecule has 4 aromatic heterocycles. The molecule has 1 aliphatic heterocycles. The maximum atomic E-state index is 5.62. The molecule has 1 fully saturated rings. The molecule has 5 rings (SSSR count). The monoisotopic (exact) mass is 486 g/mol. The van der Waals surface area contributed by atoms with Crippen LogP contribution in [-0.4, -0.2) is 74.1 Å². The van der Waals surface area contributed by atoms with E-state index in [0.717, 1.165) is 61.6 Å². The fourth-order valence-corrected chi connectivity index (χ4v) is 4.67. The first-order chi connectivity index (χ1) is 17.6. The maximum absolute atomic E-state index is 5.62. The number of likely N-dealkylation sites (N-methyl/N-ethyl adjacent to an activating group) is 1. The molecule has 4 aromatic rings. The van der Waals surface area contributed by atoms with Gasteiger partial charge in [-0.05, 0) is 44.2 Å². The zero-order valence-electron chi connectivity index (χ0n) is 21.5. The number of ether oxygens (including phenoxy) is 1. The second-order valence-electron chi connectivity index (χ2n) is 9.42. The predicted molar refractivity (Wildman–Crippen MR) is 143 cm³/mol. The van der Waals surface area contributed by atoms with E-state index in [1.165, 1.54) is 5.56 Å². The molecule has 0 saturated carbocycles. The summed E-state index contributed by atoms with van der Waals surface area (Å²) >= 11 is 0. The van der Waals surface area contributed by atoms with E-state index in [4.69, 9.17) is 9.72 Å². The van der Waals surface area contributed by atoms with Crippen molar-refractivity contribution in [3.05, 3.63) is 54.6 Å².